The summed E-state index contributed by atoms with van der Waals surface area (Å²) in [7, 11) is 0. The van der Waals surface area contributed by atoms with Crippen molar-refractivity contribution in [2.24, 2.45) is 0 Å². The van der Waals surface area contributed by atoms with Crippen molar-refractivity contribution in [1.82, 2.24) is 10.3 Å². The van der Waals surface area contributed by atoms with Gasteiger partial charge < -0.3 is 9.73 Å². The smallest absolute Gasteiger partial charge is 0.268 e. The molecule has 0 bridgehead atoms. The Morgan fingerprint density at radius 1 is 1.17 bits per heavy atom. The van der Waals surface area contributed by atoms with Gasteiger partial charge in [0.15, 0.2) is 5.58 Å². The van der Waals surface area contributed by atoms with Gasteiger partial charge in [-0.05, 0) is 38.0 Å². The lowest BCUT2D eigenvalue weighted by Gasteiger charge is -2.35. The number of ketones is 1. The van der Waals surface area contributed by atoms with E-state index < -0.39 is 0 Å². The van der Waals surface area contributed by atoms with E-state index in [2.05, 4.69) is 30.2 Å². The van der Waals surface area contributed by atoms with Crippen LogP contribution in [0.5, 0.6) is 0 Å². The second-order valence-corrected chi connectivity index (χ2v) is 6.75. The van der Waals surface area contributed by atoms with E-state index in [1.54, 1.807) is 6.08 Å². The maximum absolute atomic E-state index is 12.6. The van der Waals surface area contributed by atoms with Gasteiger partial charge >= 0.3 is 0 Å². The molecule has 4 nitrogen and oxygen atoms in total. The molecule has 4 heteroatoms. The van der Waals surface area contributed by atoms with Crippen LogP contribution in [0, 0.1) is 0 Å². The molecule has 0 fully saturated rings. The summed E-state index contributed by atoms with van der Waals surface area (Å²) in [5.74, 6) is -0.118. The number of hydrogen-bond acceptors (Lipinski definition) is 4. The molecule has 2 heterocycles. The average molecular weight is 318 g/mol. The molecule has 4 rings (SSSR count). The number of oxazole rings is 1. The number of carbonyl (C=O) groups is 1. The highest BCUT2D eigenvalue weighted by Crippen LogP contribution is 2.29. The third kappa shape index (κ3) is 2.60. The molecule has 0 radical (unpaired) electrons. The van der Waals surface area contributed by atoms with Gasteiger partial charge in [-0.2, -0.15) is 0 Å². The average Bonchev–Trinajstić information content (AvgIpc) is 2.98. The molecule has 0 aliphatic carbocycles. The number of aromatic nitrogens is 1. The number of carbonyl (C=O) groups excluding carboxylic acids is 1. The predicted molar refractivity (Wildman–Crippen MR) is 93.7 cm³/mol. The monoisotopic (exact) mass is 318 g/mol. The van der Waals surface area contributed by atoms with E-state index in [1.807, 2.05) is 42.5 Å². The summed E-state index contributed by atoms with van der Waals surface area (Å²) in [5.41, 5.74) is 4.31. The van der Waals surface area contributed by atoms with Gasteiger partial charge in [0.25, 0.3) is 5.89 Å². The fourth-order valence-corrected chi connectivity index (χ4v) is 3.17. The van der Waals surface area contributed by atoms with Crippen LogP contribution in [0.1, 0.15) is 35.7 Å². The van der Waals surface area contributed by atoms with E-state index in [-0.39, 0.29) is 17.2 Å². The number of rotatable bonds is 2. The lowest BCUT2D eigenvalue weighted by molar-refractivity contribution is 0.101. The Morgan fingerprint density at radius 2 is 1.92 bits per heavy atom. The van der Waals surface area contributed by atoms with E-state index in [4.69, 9.17) is 4.42 Å². The minimum Gasteiger partial charge on any atom is -0.433 e. The Balaban J connectivity index is 1.75. The summed E-state index contributed by atoms with van der Waals surface area (Å²) < 4.78 is 5.58. The SMILES string of the molecule is CC1(C)Cc2ccccc2C(=CC(=O)c2nc3ccccc3o2)N1. The highest BCUT2D eigenvalue weighted by Gasteiger charge is 2.28. The molecule has 24 heavy (non-hydrogen) atoms. The van der Waals surface area contributed by atoms with E-state index in [9.17, 15) is 4.79 Å². The van der Waals surface area contributed by atoms with Crippen LogP contribution in [0.2, 0.25) is 0 Å². The summed E-state index contributed by atoms with van der Waals surface area (Å²) in [4.78, 5) is 16.9. The number of nitrogens with one attached hydrogen (secondary N) is 1. The first-order valence-electron chi connectivity index (χ1n) is 8.00. The largest absolute Gasteiger partial charge is 0.433 e. The van der Waals surface area contributed by atoms with E-state index in [0.29, 0.717) is 11.1 Å². The number of fused-ring (bicyclic) bond motifs is 2. The molecule has 0 unspecified atom stereocenters. The van der Waals surface area contributed by atoms with Crippen LogP contribution in [-0.4, -0.2) is 16.3 Å². The first-order valence-corrected chi connectivity index (χ1v) is 8.00. The number of hydrogen-bond donors (Lipinski definition) is 1. The number of allylic oxidation sites excluding steroid dienone is 1. The predicted octanol–water partition coefficient (Wildman–Crippen LogP) is 3.98. The zero-order valence-corrected chi connectivity index (χ0v) is 13.7. The lowest BCUT2D eigenvalue weighted by atomic mass is 9.85. The van der Waals surface area contributed by atoms with E-state index >= 15 is 0 Å². The van der Waals surface area contributed by atoms with Crippen molar-refractivity contribution in [2.45, 2.75) is 25.8 Å². The lowest BCUT2D eigenvalue weighted by Crippen LogP contribution is -2.43. The van der Waals surface area contributed by atoms with Crippen molar-refractivity contribution in [3.63, 3.8) is 0 Å². The quantitative estimate of drug-likeness (QED) is 0.574. The third-order valence-electron chi connectivity index (χ3n) is 4.19. The van der Waals surface area contributed by atoms with Gasteiger partial charge in [-0.3, -0.25) is 4.79 Å². The summed E-state index contributed by atoms with van der Waals surface area (Å²) >= 11 is 0. The van der Waals surface area contributed by atoms with E-state index in [0.717, 1.165) is 17.7 Å². The Hall–Kier alpha value is -2.88. The Bertz CT molecular complexity index is 933. The van der Waals surface area contributed by atoms with Gasteiger partial charge in [0.05, 0.1) is 0 Å². The summed E-state index contributed by atoms with van der Waals surface area (Å²) in [5, 5.41) is 3.45. The van der Waals surface area contributed by atoms with Gasteiger partial charge in [0.2, 0.25) is 5.78 Å². The molecule has 1 aromatic heterocycles. The van der Waals surface area contributed by atoms with Crippen molar-refractivity contribution in [3.8, 4) is 0 Å². The Kier molecular flexibility index (Phi) is 3.27. The summed E-state index contributed by atoms with van der Waals surface area (Å²) in [6, 6.07) is 15.5. The molecular weight excluding hydrogens is 300 g/mol. The first kappa shape index (κ1) is 14.7. The number of nitrogens with zero attached hydrogens (tertiary/aromatic N) is 1. The summed E-state index contributed by atoms with van der Waals surface area (Å²) in [6.45, 7) is 4.25. The molecule has 1 aliphatic heterocycles. The highest BCUT2D eigenvalue weighted by atomic mass is 16.4. The maximum Gasteiger partial charge on any atom is 0.268 e. The number of para-hydroxylation sites is 2. The van der Waals surface area contributed by atoms with Gasteiger partial charge in [0, 0.05) is 22.9 Å². The van der Waals surface area contributed by atoms with Crippen LogP contribution < -0.4 is 5.32 Å². The second kappa shape index (κ2) is 5.34. The first-order chi connectivity index (χ1) is 11.5. The topological polar surface area (TPSA) is 55.1 Å². The van der Waals surface area contributed by atoms with Gasteiger partial charge in [-0.15, -0.1) is 0 Å². The molecular formula is C20H18N2O2. The Labute approximate surface area is 140 Å². The zero-order valence-electron chi connectivity index (χ0n) is 13.7. The van der Waals surface area contributed by atoms with Crippen LogP contribution >= 0.6 is 0 Å². The van der Waals surface area contributed by atoms with Crippen molar-refractivity contribution in [1.29, 1.82) is 0 Å². The van der Waals surface area contributed by atoms with Crippen LogP contribution in [0.25, 0.3) is 16.8 Å². The summed E-state index contributed by atoms with van der Waals surface area (Å²) in [6.07, 6.45) is 2.50. The molecule has 2 aromatic carbocycles. The van der Waals surface area contributed by atoms with Crippen molar-refractivity contribution >= 4 is 22.6 Å². The van der Waals surface area contributed by atoms with Crippen molar-refractivity contribution in [3.05, 3.63) is 71.6 Å². The van der Waals surface area contributed by atoms with Crippen LogP contribution in [0.3, 0.4) is 0 Å². The molecule has 0 spiro atoms. The molecule has 1 N–H and O–H groups in total. The standard InChI is InChI=1S/C20H18N2O2/c1-20(2)12-13-7-3-4-8-14(13)16(22-20)11-17(23)19-21-15-9-5-6-10-18(15)24-19/h3-11,22H,12H2,1-2H3. The van der Waals surface area contributed by atoms with Crippen LogP contribution in [-0.2, 0) is 6.42 Å². The van der Waals surface area contributed by atoms with Crippen molar-refractivity contribution in [2.75, 3.05) is 0 Å². The van der Waals surface area contributed by atoms with Gasteiger partial charge in [-0.1, -0.05) is 36.4 Å². The Morgan fingerprint density at radius 3 is 2.75 bits per heavy atom. The molecule has 3 aromatic rings. The molecule has 0 amide bonds. The second-order valence-electron chi connectivity index (χ2n) is 6.75. The zero-order chi connectivity index (χ0) is 16.7. The maximum atomic E-state index is 12.6. The highest BCUT2D eigenvalue weighted by molar-refractivity contribution is 6.06. The fourth-order valence-electron chi connectivity index (χ4n) is 3.17. The molecule has 1 aliphatic rings. The van der Waals surface area contributed by atoms with Gasteiger partial charge in [-0.25, -0.2) is 4.98 Å². The molecule has 0 saturated carbocycles. The van der Waals surface area contributed by atoms with E-state index in [1.165, 1.54) is 5.56 Å². The third-order valence-corrected chi connectivity index (χ3v) is 4.19. The minimum absolute atomic E-state index is 0.109. The minimum atomic E-state index is -0.235. The molecule has 120 valence electrons. The molecule has 0 atom stereocenters. The molecule has 0 saturated heterocycles. The van der Waals surface area contributed by atoms with Crippen LogP contribution in [0.4, 0.5) is 0 Å². The van der Waals surface area contributed by atoms with Gasteiger partial charge in [0.1, 0.15) is 5.52 Å². The fraction of sp³-hybridized carbons (Fsp3) is 0.200. The normalized spacial score (nSPS) is 17.5. The number of benzene rings is 2. The van der Waals surface area contributed by atoms with Crippen LogP contribution in [0.15, 0.2) is 59.0 Å². The van der Waals surface area contributed by atoms with Crippen molar-refractivity contribution < 1.29 is 9.21 Å².